The predicted octanol–water partition coefficient (Wildman–Crippen LogP) is 4.82. The third kappa shape index (κ3) is 2.95. The molecule has 0 radical (unpaired) electrons. The Morgan fingerprint density at radius 1 is 1.00 bits per heavy atom. The molecule has 4 heteroatoms. The number of benzene rings is 2. The van der Waals surface area contributed by atoms with Crippen LogP contribution in [0.4, 0.5) is 0 Å². The van der Waals surface area contributed by atoms with Gasteiger partial charge in [-0.25, -0.2) is 0 Å². The van der Waals surface area contributed by atoms with Gasteiger partial charge in [-0.3, -0.25) is 9.59 Å². The van der Waals surface area contributed by atoms with Gasteiger partial charge in [0.15, 0.2) is 11.9 Å². The molecule has 25 heavy (non-hydrogen) atoms. The summed E-state index contributed by atoms with van der Waals surface area (Å²) in [7, 11) is 0. The molecule has 0 spiro atoms. The number of ketones is 2. The van der Waals surface area contributed by atoms with Crippen LogP contribution in [0.25, 0.3) is 0 Å². The van der Waals surface area contributed by atoms with E-state index in [1.807, 2.05) is 42.5 Å². The van der Waals surface area contributed by atoms with Crippen molar-refractivity contribution in [3.05, 3.63) is 81.5 Å². The smallest absolute Gasteiger partial charge is 0.204 e. The Balaban J connectivity index is 1.77. The summed E-state index contributed by atoms with van der Waals surface area (Å²) in [4.78, 5) is 25.6. The first-order chi connectivity index (χ1) is 12.1. The standard InChI is InChI=1S/C21H17BrO3/c22-15-11-9-13(10-12-15)18-19-16(23)7-4-8-17(19)25-21(18)20(24)14-5-2-1-3-6-14/h1-3,5-6,9-12,18,21H,4,7-8H2/t18-,21-/m0/s1. The van der Waals surface area contributed by atoms with Crippen LogP contribution in [-0.2, 0) is 9.53 Å². The van der Waals surface area contributed by atoms with Crippen molar-refractivity contribution in [1.29, 1.82) is 0 Å². The fourth-order valence-corrected chi connectivity index (χ4v) is 3.92. The number of Topliss-reactive ketones (excluding diaryl/α,β-unsaturated/α-hetero) is 2. The Labute approximate surface area is 154 Å². The second-order valence-electron chi connectivity index (χ2n) is 6.41. The summed E-state index contributed by atoms with van der Waals surface area (Å²) >= 11 is 3.44. The van der Waals surface area contributed by atoms with Gasteiger partial charge in [-0.05, 0) is 24.1 Å². The van der Waals surface area contributed by atoms with E-state index >= 15 is 0 Å². The van der Waals surface area contributed by atoms with Gasteiger partial charge in [0.25, 0.3) is 0 Å². The SMILES string of the molecule is O=C1CCCC2=C1[C@H](c1ccc(Br)cc1)[C@@H](C(=O)c1ccccc1)O2. The normalized spacial score (nSPS) is 22.5. The predicted molar refractivity (Wildman–Crippen MR) is 98.4 cm³/mol. The van der Waals surface area contributed by atoms with Crippen LogP contribution >= 0.6 is 15.9 Å². The fraction of sp³-hybridized carbons (Fsp3) is 0.238. The number of rotatable bonds is 3. The Morgan fingerprint density at radius 3 is 2.44 bits per heavy atom. The van der Waals surface area contributed by atoms with Gasteiger partial charge < -0.3 is 4.74 Å². The highest BCUT2D eigenvalue weighted by Gasteiger charge is 2.45. The van der Waals surface area contributed by atoms with Crippen LogP contribution in [0.2, 0.25) is 0 Å². The lowest BCUT2D eigenvalue weighted by atomic mass is 9.80. The summed E-state index contributed by atoms with van der Waals surface area (Å²) in [5, 5.41) is 0. The highest BCUT2D eigenvalue weighted by molar-refractivity contribution is 9.10. The summed E-state index contributed by atoms with van der Waals surface area (Å²) in [5.41, 5.74) is 2.25. The summed E-state index contributed by atoms with van der Waals surface area (Å²) in [6.07, 6.45) is 1.38. The van der Waals surface area contributed by atoms with E-state index in [2.05, 4.69) is 15.9 Å². The minimum atomic E-state index is -0.671. The molecular weight excluding hydrogens is 380 g/mol. The molecule has 0 unspecified atom stereocenters. The molecule has 0 amide bonds. The molecule has 2 atom stereocenters. The monoisotopic (exact) mass is 396 g/mol. The van der Waals surface area contributed by atoms with E-state index in [0.29, 0.717) is 23.3 Å². The van der Waals surface area contributed by atoms with Crippen molar-refractivity contribution in [3.8, 4) is 0 Å². The van der Waals surface area contributed by atoms with E-state index in [4.69, 9.17) is 4.74 Å². The molecule has 126 valence electrons. The van der Waals surface area contributed by atoms with Crippen LogP contribution in [0.5, 0.6) is 0 Å². The molecule has 0 fully saturated rings. The van der Waals surface area contributed by atoms with E-state index < -0.39 is 6.10 Å². The topological polar surface area (TPSA) is 43.4 Å². The molecule has 4 rings (SSSR count). The highest BCUT2D eigenvalue weighted by Crippen LogP contribution is 2.45. The molecule has 0 saturated heterocycles. The summed E-state index contributed by atoms with van der Waals surface area (Å²) < 4.78 is 7.01. The molecular formula is C21H17BrO3. The van der Waals surface area contributed by atoms with Gasteiger partial charge in [0.2, 0.25) is 5.78 Å². The molecule has 0 aromatic heterocycles. The molecule has 1 aliphatic heterocycles. The number of ether oxygens (including phenoxy) is 1. The van der Waals surface area contributed by atoms with Crippen molar-refractivity contribution in [1.82, 2.24) is 0 Å². The first kappa shape index (κ1) is 16.3. The number of carbonyl (C=O) groups excluding carboxylic acids is 2. The van der Waals surface area contributed by atoms with Crippen LogP contribution in [0, 0.1) is 0 Å². The molecule has 2 aliphatic rings. The third-order valence-electron chi connectivity index (χ3n) is 4.84. The Hall–Kier alpha value is -2.20. The Kier molecular flexibility index (Phi) is 4.30. The zero-order chi connectivity index (χ0) is 17.4. The van der Waals surface area contributed by atoms with Gasteiger partial charge in [-0.1, -0.05) is 58.4 Å². The summed E-state index contributed by atoms with van der Waals surface area (Å²) in [5.74, 6) is 0.412. The number of halogens is 1. The molecule has 0 N–H and O–H groups in total. The Bertz CT molecular complexity index is 852. The molecule has 0 saturated carbocycles. The number of allylic oxidation sites excluding steroid dienone is 1. The first-order valence-corrected chi connectivity index (χ1v) is 9.22. The lowest BCUT2D eigenvalue weighted by molar-refractivity contribution is -0.116. The van der Waals surface area contributed by atoms with E-state index in [0.717, 1.165) is 22.9 Å². The van der Waals surface area contributed by atoms with Gasteiger partial charge in [0.1, 0.15) is 5.76 Å². The third-order valence-corrected chi connectivity index (χ3v) is 5.37. The molecule has 1 heterocycles. The summed E-state index contributed by atoms with van der Waals surface area (Å²) in [6.45, 7) is 0. The van der Waals surface area contributed by atoms with Crippen LogP contribution in [0.15, 0.2) is 70.4 Å². The maximum absolute atomic E-state index is 13.1. The maximum atomic E-state index is 13.1. The number of hydrogen-bond acceptors (Lipinski definition) is 3. The van der Waals surface area contributed by atoms with E-state index in [9.17, 15) is 9.59 Å². The lowest BCUT2D eigenvalue weighted by Gasteiger charge is -2.20. The van der Waals surface area contributed by atoms with Gasteiger partial charge in [-0.15, -0.1) is 0 Å². The highest BCUT2D eigenvalue weighted by atomic mass is 79.9. The van der Waals surface area contributed by atoms with Crippen LogP contribution in [-0.4, -0.2) is 17.7 Å². The zero-order valence-electron chi connectivity index (χ0n) is 13.6. The second kappa shape index (κ2) is 6.60. The fourth-order valence-electron chi connectivity index (χ4n) is 3.66. The van der Waals surface area contributed by atoms with Crippen molar-refractivity contribution < 1.29 is 14.3 Å². The Morgan fingerprint density at radius 2 is 1.72 bits per heavy atom. The average Bonchev–Trinajstić information content (AvgIpc) is 3.03. The lowest BCUT2D eigenvalue weighted by Crippen LogP contribution is -2.28. The summed E-state index contributed by atoms with van der Waals surface area (Å²) in [6, 6.07) is 16.9. The minimum absolute atomic E-state index is 0.0734. The van der Waals surface area contributed by atoms with Crippen LogP contribution in [0.1, 0.15) is 41.1 Å². The van der Waals surface area contributed by atoms with Crippen molar-refractivity contribution in [2.75, 3.05) is 0 Å². The number of hydrogen-bond donors (Lipinski definition) is 0. The van der Waals surface area contributed by atoms with E-state index in [1.54, 1.807) is 12.1 Å². The number of carbonyl (C=O) groups is 2. The van der Waals surface area contributed by atoms with Gasteiger partial charge in [0, 0.05) is 28.5 Å². The van der Waals surface area contributed by atoms with Crippen LogP contribution < -0.4 is 0 Å². The van der Waals surface area contributed by atoms with Gasteiger partial charge >= 0.3 is 0 Å². The molecule has 3 nitrogen and oxygen atoms in total. The van der Waals surface area contributed by atoms with Crippen molar-refractivity contribution in [3.63, 3.8) is 0 Å². The van der Waals surface area contributed by atoms with Crippen molar-refractivity contribution >= 4 is 27.5 Å². The second-order valence-corrected chi connectivity index (χ2v) is 7.33. The largest absolute Gasteiger partial charge is 0.485 e. The van der Waals surface area contributed by atoms with Crippen molar-refractivity contribution in [2.24, 2.45) is 0 Å². The van der Waals surface area contributed by atoms with Crippen molar-refractivity contribution in [2.45, 2.75) is 31.3 Å². The minimum Gasteiger partial charge on any atom is -0.485 e. The van der Waals surface area contributed by atoms with Gasteiger partial charge in [-0.2, -0.15) is 0 Å². The van der Waals surface area contributed by atoms with E-state index in [-0.39, 0.29) is 17.5 Å². The maximum Gasteiger partial charge on any atom is 0.204 e. The van der Waals surface area contributed by atoms with Gasteiger partial charge in [0.05, 0.1) is 5.92 Å². The molecule has 1 aliphatic carbocycles. The average molecular weight is 397 g/mol. The van der Waals surface area contributed by atoms with E-state index in [1.165, 1.54) is 0 Å². The first-order valence-electron chi connectivity index (χ1n) is 8.43. The molecule has 2 aromatic rings. The molecule has 0 bridgehead atoms. The quantitative estimate of drug-likeness (QED) is 0.698. The van der Waals surface area contributed by atoms with Crippen LogP contribution in [0.3, 0.4) is 0 Å². The zero-order valence-corrected chi connectivity index (χ0v) is 15.2. The molecule has 2 aromatic carbocycles.